The van der Waals surface area contributed by atoms with E-state index in [2.05, 4.69) is 17.0 Å². The molecule has 1 heterocycles. The number of aromatic nitrogens is 3. The number of aryl methyl sites for hydroxylation is 1. The van der Waals surface area contributed by atoms with E-state index in [0.717, 1.165) is 24.4 Å². The standard InChI is InChI=1S/C15H21FN4O/c1-3-4-20-15(18-10-19-20)9-21-14-7-12(5-11(2)17)6-13(16)8-14/h6-8,10-11H,3-5,9,17H2,1-2H3. The highest BCUT2D eigenvalue weighted by Crippen LogP contribution is 2.18. The maximum Gasteiger partial charge on any atom is 0.164 e. The Labute approximate surface area is 123 Å². The molecule has 21 heavy (non-hydrogen) atoms. The number of hydrogen-bond donors (Lipinski definition) is 1. The predicted molar refractivity (Wildman–Crippen MR) is 78.4 cm³/mol. The maximum atomic E-state index is 13.6. The van der Waals surface area contributed by atoms with Gasteiger partial charge in [-0.25, -0.2) is 14.1 Å². The van der Waals surface area contributed by atoms with Gasteiger partial charge in [0.25, 0.3) is 0 Å². The highest BCUT2D eigenvalue weighted by atomic mass is 19.1. The van der Waals surface area contributed by atoms with E-state index in [-0.39, 0.29) is 18.5 Å². The van der Waals surface area contributed by atoms with Crippen molar-refractivity contribution in [2.75, 3.05) is 0 Å². The molecule has 0 aliphatic heterocycles. The molecule has 1 aromatic heterocycles. The first kappa shape index (κ1) is 15.4. The summed E-state index contributed by atoms with van der Waals surface area (Å²) in [6.07, 6.45) is 3.08. The van der Waals surface area contributed by atoms with Crippen molar-refractivity contribution in [3.05, 3.63) is 41.7 Å². The van der Waals surface area contributed by atoms with Crippen molar-refractivity contribution in [2.45, 2.75) is 45.9 Å². The lowest BCUT2D eigenvalue weighted by Crippen LogP contribution is -2.17. The number of nitrogens with zero attached hydrogens (tertiary/aromatic N) is 3. The van der Waals surface area contributed by atoms with Gasteiger partial charge in [-0.15, -0.1) is 0 Å². The van der Waals surface area contributed by atoms with Crippen molar-refractivity contribution in [3.63, 3.8) is 0 Å². The molecule has 0 spiro atoms. The zero-order chi connectivity index (χ0) is 15.2. The molecule has 0 radical (unpaired) electrons. The van der Waals surface area contributed by atoms with Crippen LogP contribution in [0, 0.1) is 5.82 Å². The predicted octanol–water partition coefficient (Wildman–Crippen LogP) is 2.30. The van der Waals surface area contributed by atoms with Gasteiger partial charge >= 0.3 is 0 Å². The third kappa shape index (κ3) is 4.53. The van der Waals surface area contributed by atoms with Gasteiger partial charge in [-0.3, -0.25) is 0 Å². The van der Waals surface area contributed by atoms with Crippen LogP contribution in [0.15, 0.2) is 24.5 Å². The van der Waals surface area contributed by atoms with Gasteiger partial charge in [-0.1, -0.05) is 6.92 Å². The third-order valence-corrected chi connectivity index (χ3v) is 2.99. The fourth-order valence-corrected chi connectivity index (χ4v) is 2.14. The van der Waals surface area contributed by atoms with E-state index >= 15 is 0 Å². The van der Waals surface area contributed by atoms with Crippen LogP contribution in [-0.2, 0) is 19.6 Å². The first-order valence-corrected chi connectivity index (χ1v) is 7.13. The summed E-state index contributed by atoms with van der Waals surface area (Å²) < 4.78 is 21.0. The molecule has 0 saturated carbocycles. The summed E-state index contributed by atoms with van der Waals surface area (Å²) in [5, 5.41) is 4.13. The van der Waals surface area contributed by atoms with Crippen molar-refractivity contribution in [1.29, 1.82) is 0 Å². The van der Waals surface area contributed by atoms with E-state index in [9.17, 15) is 4.39 Å². The monoisotopic (exact) mass is 292 g/mol. The summed E-state index contributed by atoms with van der Waals surface area (Å²) in [6.45, 7) is 5.01. The number of rotatable bonds is 7. The van der Waals surface area contributed by atoms with E-state index in [1.165, 1.54) is 18.5 Å². The van der Waals surface area contributed by atoms with E-state index < -0.39 is 0 Å². The Bertz CT molecular complexity index is 583. The molecule has 2 aromatic rings. The van der Waals surface area contributed by atoms with Crippen LogP contribution in [-0.4, -0.2) is 20.8 Å². The van der Waals surface area contributed by atoms with Gasteiger partial charge in [-0.2, -0.15) is 5.10 Å². The molecule has 0 aliphatic rings. The van der Waals surface area contributed by atoms with Crippen LogP contribution in [0.2, 0.25) is 0 Å². The summed E-state index contributed by atoms with van der Waals surface area (Å²) in [6, 6.07) is 4.64. The molecular weight excluding hydrogens is 271 g/mol. The lowest BCUT2D eigenvalue weighted by Gasteiger charge is -2.10. The molecule has 1 atom stereocenters. The van der Waals surface area contributed by atoms with Gasteiger partial charge in [0, 0.05) is 18.7 Å². The number of benzene rings is 1. The first-order chi connectivity index (χ1) is 10.1. The third-order valence-electron chi connectivity index (χ3n) is 2.99. The second kappa shape index (κ2) is 7.17. The Balaban J connectivity index is 2.05. The Morgan fingerprint density at radius 1 is 1.38 bits per heavy atom. The molecule has 6 heteroatoms. The van der Waals surface area contributed by atoms with Gasteiger partial charge < -0.3 is 10.5 Å². The van der Waals surface area contributed by atoms with Crippen molar-refractivity contribution in [1.82, 2.24) is 14.8 Å². The van der Waals surface area contributed by atoms with Crippen LogP contribution >= 0.6 is 0 Å². The molecule has 0 amide bonds. The smallest absolute Gasteiger partial charge is 0.164 e. The number of halogens is 1. The summed E-state index contributed by atoms with van der Waals surface area (Å²) >= 11 is 0. The van der Waals surface area contributed by atoms with E-state index in [0.29, 0.717) is 12.2 Å². The highest BCUT2D eigenvalue weighted by Gasteiger charge is 2.07. The lowest BCUT2D eigenvalue weighted by atomic mass is 10.1. The Kier molecular flexibility index (Phi) is 5.27. The topological polar surface area (TPSA) is 66.0 Å². The molecule has 0 saturated heterocycles. The average molecular weight is 292 g/mol. The minimum atomic E-state index is -0.321. The fourth-order valence-electron chi connectivity index (χ4n) is 2.14. The summed E-state index contributed by atoms with van der Waals surface area (Å²) in [7, 11) is 0. The molecule has 0 fully saturated rings. The van der Waals surface area contributed by atoms with Gasteiger partial charge in [-0.05, 0) is 37.5 Å². The zero-order valence-electron chi connectivity index (χ0n) is 12.4. The van der Waals surface area contributed by atoms with E-state index in [1.807, 2.05) is 13.0 Å². The first-order valence-electron chi connectivity index (χ1n) is 7.13. The molecule has 0 aliphatic carbocycles. The van der Waals surface area contributed by atoms with Gasteiger partial charge in [0.15, 0.2) is 5.82 Å². The van der Waals surface area contributed by atoms with Crippen molar-refractivity contribution >= 4 is 0 Å². The molecule has 2 rings (SSSR count). The number of hydrogen-bond acceptors (Lipinski definition) is 4. The average Bonchev–Trinajstić information content (AvgIpc) is 2.83. The normalized spacial score (nSPS) is 12.4. The van der Waals surface area contributed by atoms with Gasteiger partial charge in [0.2, 0.25) is 0 Å². The van der Waals surface area contributed by atoms with Crippen LogP contribution in [0.3, 0.4) is 0 Å². The molecule has 0 bridgehead atoms. The minimum absolute atomic E-state index is 0.0210. The summed E-state index contributed by atoms with van der Waals surface area (Å²) in [4.78, 5) is 4.16. The van der Waals surface area contributed by atoms with Gasteiger partial charge in [0.1, 0.15) is 24.5 Å². The fraction of sp³-hybridized carbons (Fsp3) is 0.467. The van der Waals surface area contributed by atoms with Crippen molar-refractivity contribution in [2.24, 2.45) is 5.73 Å². The second-order valence-electron chi connectivity index (χ2n) is 5.16. The Morgan fingerprint density at radius 3 is 2.90 bits per heavy atom. The van der Waals surface area contributed by atoms with Gasteiger partial charge in [0.05, 0.1) is 0 Å². The second-order valence-corrected chi connectivity index (χ2v) is 5.16. The molecule has 1 aromatic carbocycles. The SMILES string of the molecule is CCCn1ncnc1COc1cc(F)cc(CC(C)N)c1. The highest BCUT2D eigenvalue weighted by molar-refractivity contribution is 5.30. The Hall–Kier alpha value is -1.95. The zero-order valence-corrected chi connectivity index (χ0v) is 12.4. The van der Waals surface area contributed by atoms with Crippen LogP contribution in [0.5, 0.6) is 5.75 Å². The maximum absolute atomic E-state index is 13.6. The molecular formula is C15H21FN4O. The van der Waals surface area contributed by atoms with Crippen LogP contribution in [0.25, 0.3) is 0 Å². The Morgan fingerprint density at radius 2 is 2.19 bits per heavy atom. The number of nitrogens with two attached hydrogens (primary N) is 1. The van der Waals surface area contributed by atoms with Crippen LogP contribution < -0.4 is 10.5 Å². The number of ether oxygens (including phenoxy) is 1. The minimum Gasteiger partial charge on any atom is -0.486 e. The molecule has 2 N–H and O–H groups in total. The molecule has 1 unspecified atom stereocenters. The summed E-state index contributed by atoms with van der Waals surface area (Å²) in [5.74, 6) is 0.893. The summed E-state index contributed by atoms with van der Waals surface area (Å²) in [5.41, 5.74) is 6.57. The van der Waals surface area contributed by atoms with E-state index in [4.69, 9.17) is 10.5 Å². The van der Waals surface area contributed by atoms with Crippen molar-refractivity contribution < 1.29 is 9.13 Å². The lowest BCUT2D eigenvalue weighted by molar-refractivity contribution is 0.284. The van der Waals surface area contributed by atoms with Crippen molar-refractivity contribution in [3.8, 4) is 5.75 Å². The molecule has 5 nitrogen and oxygen atoms in total. The quantitative estimate of drug-likeness (QED) is 0.850. The largest absolute Gasteiger partial charge is 0.486 e. The van der Waals surface area contributed by atoms with E-state index in [1.54, 1.807) is 4.68 Å². The van der Waals surface area contributed by atoms with Crippen LogP contribution in [0.1, 0.15) is 31.7 Å². The van der Waals surface area contributed by atoms with Crippen LogP contribution in [0.4, 0.5) is 4.39 Å². The molecule has 114 valence electrons.